The van der Waals surface area contributed by atoms with Crippen LogP contribution in [0.1, 0.15) is 24.2 Å². The fourth-order valence-corrected chi connectivity index (χ4v) is 4.18. The van der Waals surface area contributed by atoms with Crippen LogP contribution >= 0.6 is 0 Å². The Morgan fingerprint density at radius 3 is 2.31 bits per heavy atom. The smallest absolute Gasteiger partial charge is 0.257 e. The molecule has 1 heterocycles. The normalized spacial score (nSPS) is 13.3. The Morgan fingerprint density at radius 2 is 1.60 bits per heavy atom. The van der Waals surface area contributed by atoms with Crippen LogP contribution in [0, 0.1) is 0 Å². The zero-order valence-corrected chi connectivity index (χ0v) is 20.6. The van der Waals surface area contributed by atoms with Crippen LogP contribution in [-0.2, 0) is 4.74 Å². The Balaban J connectivity index is 1.67. The van der Waals surface area contributed by atoms with E-state index in [-0.39, 0.29) is 5.91 Å². The molecule has 184 valence electrons. The molecule has 0 saturated carbocycles. The molecule has 1 fully saturated rings. The standard InChI is InChI=1S/C28H33N3O4/c1-4-34-26-20-25(31-15-17-33-18-16-31)27(35-5-2)19-23(26)29-28(32)22-13-9-10-14-24(22)30(3)21-11-7-6-8-12-21/h6-14,19-20H,4-5,15-18H2,1-3H3,(H,29,32). The molecule has 0 unspecified atom stereocenters. The average Bonchev–Trinajstić information content (AvgIpc) is 2.91. The summed E-state index contributed by atoms with van der Waals surface area (Å²) in [5.74, 6) is 1.11. The summed E-state index contributed by atoms with van der Waals surface area (Å²) in [5.41, 5.74) is 3.90. The van der Waals surface area contributed by atoms with Gasteiger partial charge in [-0.15, -0.1) is 0 Å². The summed E-state index contributed by atoms with van der Waals surface area (Å²) in [4.78, 5) is 17.8. The number of hydrogen-bond donors (Lipinski definition) is 1. The monoisotopic (exact) mass is 475 g/mol. The predicted octanol–water partition coefficient (Wildman–Crippen LogP) is 5.34. The van der Waals surface area contributed by atoms with Gasteiger partial charge in [0, 0.05) is 38.0 Å². The van der Waals surface area contributed by atoms with E-state index in [4.69, 9.17) is 14.2 Å². The molecule has 7 heteroatoms. The molecule has 1 saturated heterocycles. The van der Waals surface area contributed by atoms with Gasteiger partial charge in [0.1, 0.15) is 11.5 Å². The quantitative estimate of drug-likeness (QED) is 0.451. The highest BCUT2D eigenvalue weighted by Crippen LogP contribution is 2.40. The lowest BCUT2D eigenvalue weighted by atomic mass is 10.1. The third-order valence-corrected chi connectivity index (χ3v) is 5.91. The van der Waals surface area contributed by atoms with E-state index in [1.807, 2.05) is 92.5 Å². The molecule has 1 aliphatic rings. The van der Waals surface area contributed by atoms with Gasteiger partial charge in [-0.2, -0.15) is 0 Å². The number of amides is 1. The number of carbonyl (C=O) groups excluding carboxylic acids is 1. The molecule has 0 bridgehead atoms. The van der Waals surface area contributed by atoms with Gasteiger partial charge < -0.3 is 29.3 Å². The summed E-state index contributed by atoms with van der Waals surface area (Å²) < 4.78 is 17.4. The zero-order valence-electron chi connectivity index (χ0n) is 20.6. The van der Waals surface area contributed by atoms with Crippen molar-refractivity contribution in [2.45, 2.75) is 13.8 Å². The molecule has 1 N–H and O–H groups in total. The van der Waals surface area contributed by atoms with Crippen molar-refractivity contribution in [3.63, 3.8) is 0 Å². The van der Waals surface area contributed by atoms with Gasteiger partial charge >= 0.3 is 0 Å². The molecule has 0 radical (unpaired) electrons. The first kappa shape index (κ1) is 24.4. The third-order valence-electron chi connectivity index (χ3n) is 5.91. The summed E-state index contributed by atoms with van der Waals surface area (Å²) >= 11 is 0. The Morgan fingerprint density at radius 1 is 0.943 bits per heavy atom. The third kappa shape index (κ3) is 5.69. The summed E-state index contributed by atoms with van der Waals surface area (Å²) in [6.07, 6.45) is 0. The molecular formula is C28H33N3O4. The van der Waals surface area contributed by atoms with Crippen molar-refractivity contribution in [3.8, 4) is 11.5 Å². The molecule has 0 atom stereocenters. The fourth-order valence-electron chi connectivity index (χ4n) is 4.18. The minimum Gasteiger partial charge on any atom is -0.492 e. The Hall–Kier alpha value is -3.71. The molecule has 0 aliphatic carbocycles. The van der Waals surface area contributed by atoms with Crippen molar-refractivity contribution >= 4 is 28.7 Å². The number of benzene rings is 3. The zero-order chi connectivity index (χ0) is 24.6. The van der Waals surface area contributed by atoms with E-state index in [0.29, 0.717) is 49.2 Å². The Kier molecular flexibility index (Phi) is 8.11. The number of nitrogens with one attached hydrogen (secondary N) is 1. The molecule has 3 aromatic carbocycles. The molecule has 7 nitrogen and oxygen atoms in total. The number of para-hydroxylation sites is 2. The lowest BCUT2D eigenvalue weighted by Crippen LogP contribution is -2.36. The maximum absolute atomic E-state index is 13.5. The van der Waals surface area contributed by atoms with Gasteiger partial charge in [-0.25, -0.2) is 0 Å². The highest BCUT2D eigenvalue weighted by molar-refractivity contribution is 6.09. The van der Waals surface area contributed by atoms with Crippen LogP contribution in [-0.4, -0.2) is 52.5 Å². The Bertz CT molecular complexity index is 1130. The van der Waals surface area contributed by atoms with Crippen LogP contribution in [0.15, 0.2) is 66.7 Å². The number of anilines is 4. The molecule has 0 spiro atoms. The van der Waals surface area contributed by atoms with E-state index in [1.165, 1.54) is 0 Å². The minimum absolute atomic E-state index is 0.217. The second-order valence-corrected chi connectivity index (χ2v) is 8.15. The van der Waals surface area contributed by atoms with Gasteiger partial charge in [0.2, 0.25) is 0 Å². The molecule has 35 heavy (non-hydrogen) atoms. The SMILES string of the molecule is CCOc1cc(N2CCOCC2)c(OCC)cc1NC(=O)c1ccccc1N(C)c1ccccc1. The number of ether oxygens (including phenoxy) is 3. The highest BCUT2D eigenvalue weighted by Gasteiger charge is 2.22. The average molecular weight is 476 g/mol. The van der Waals surface area contributed by atoms with Crippen LogP contribution < -0.4 is 24.6 Å². The van der Waals surface area contributed by atoms with E-state index in [9.17, 15) is 4.79 Å². The highest BCUT2D eigenvalue weighted by atomic mass is 16.5. The number of nitrogens with zero attached hydrogens (tertiary/aromatic N) is 2. The molecule has 0 aromatic heterocycles. The molecule has 4 rings (SSSR count). The van der Waals surface area contributed by atoms with Gasteiger partial charge in [-0.1, -0.05) is 30.3 Å². The van der Waals surface area contributed by atoms with Crippen LogP contribution in [0.5, 0.6) is 11.5 Å². The first-order valence-electron chi connectivity index (χ1n) is 12.1. The van der Waals surface area contributed by atoms with Crippen molar-refractivity contribution in [2.75, 3.05) is 61.7 Å². The number of morpholine rings is 1. The van der Waals surface area contributed by atoms with Gasteiger partial charge in [0.25, 0.3) is 5.91 Å². The summed E-state index contributed by atoms with van der Waals surface area (Å²) in [6, 6.07) is 21.4. The molecule has 3 aromatic rings. The van der Waals surface area contributed by atoms with E-state index < -0.39 is 0 Å². The summed E-state index contributed by atoms with van der Waals surface area (Å²) in [7, 11) is 1.96. The fraction of sp³-hybridized carbons (Fsp3) is 0.321. The predicted molar refractivity (Wildman–Crippen MR) is 141 cm³/mol. The largest absolute Gasteiger partial charge is 0.492 e. The summed E-state index contributed by atoms with van der Waals surface area (Å²) in [6.45, 7) is 7.76. The van der Waals surface area contributed by atoms with Gasteiger partial charge in [-0.05, 0) is 38.1 Å². The van der Waals surface area contributed by atoms with Crippen LogP contribution in [0.4, 0.5) is 22.7 Å². The van der Waals surface area contributed by atoms with E-state index in [2.05, 4.69) is 10.2 Å². The van der Waals surface area contributed by atoms with Crippen molar-refractivity contribution < 1.29 is 19.0 Å². The maximum Gasteiger partial charge on any atom is 0.257 e. The van der Waals surface area contributed by atoms with Crippen LogP contribution in [0.3, 0.4) is 0 Å². The first-order chi connectivity index (χ1) is 17.1. The number of rotatable bonds is 9. The lowest BCUT2D eigenvalue weighted by molar-refractivity contribution is 0.102. The first-order valence-corrected chi connectivity index (χ1v) is 12.1. The van der Waals surface area contributed by atoms with Crippen molar-refractivity contribution in [1.29, 1.82) is 0 Å². The van der Waals surface area contributed by atoms with E-state index in [0.717, 1.165) is 30.2 Å². The van der Waals surface area contributed by atoms with E-state index in [1.54, 1.807) is 0 Å². The van der Waals surface area contributed by atoms with Gasteiger partial charge in [0.15, 0.2) is 0 Å². The minimum atomic E-state index is -0.217. The molecule has 1 amide bonds. The maximum atomic E-state index is 13.5. The number of hydrogen-bond acceptors (Lipinski definition) is 6. The van der Waals surface area contributed by atoms with Gasteiger partial charge in [-0.3, -0.25) is 4.79 Å². The van der Waals surface area contributed by atoms with Crippen molar-refractivity contribution in [2.24, 2.45) is 0 Å². The van der Waals surface area contributed by atoms with Gasteiger partial charge in [0.05, 0.1) is 49.1 Å². The number of carbonyl (C=O) groups is 1. The summed E-state index contributed by atoms with van der Waals surface area (Å²) in [5, 5.41) is 3.07. The second kappa shape index (κ2) is 11.6. The van der Waals surface area contributed by atoms with Crippen LogP contribution in [0.25, 0.3) is 0 Å². The van der Waals surface area contributed by atoms with Crippen molar-refractivity contribution in [1.82, 2.24) is 0 Å². The molecule has 1 aliphatic heterocycles. The Labute approximate surface area is 207 Å². The van der Waals surface area contributed by atoms with Crippen LogP contribution in [0.2, 0.25) is 0 Å². The topological polar surface area (TPSA) is 63.3 Å². The van der Waals surface area contributed by atoms with Crippen molar-refractivity contribution in [3.05, 3.63) is 72.3 Å². The lowest BCUT2D eigenvalue weighted by Gasteiger charge is -2.31. The van der Waals surface area contributed by atoms with E-state index >= 15 is 0 Å². The second-order valence-electron chi connectivity index (χ2n) is 8.15. The molecular weight excluding hydrogens is 442 g/mol.